The van der Waals surface area contributed by atoms with E-state index in [1.54, 1.807) is 18.7 Å². The molecule has 3 nitrogen and oxygen atoms in total. The average molecular weight is 292 g/mol. The summed E-state index contributed by atoms with van der Waals surface area (Å²) in [4.78, 5) is 13.2. The molecule has 0 unspecified atom stereocenters. The van der Waals surface area contributed by atoms with E-state index in [2.05, 4.69) is 5.32 Å². The average Bonchev–Trinajstić information content (AvgIpc) is 2.37. The minimum atomic E-state index is -4.76. The van der Waals surface area contributed by atoms with E-state index in [0.29, 0.717) is 19.2 Å². The van der Waals surface area contributed by atoms with Crippen molar-refractivity contribution >= 4 is 11.6 Å². The predicted octanol–water partition coefficient (Wildman–Crippen LogP) is 3.12. The summed E-state index contributed by atoms with van der Waals surface area (Å²) in [5.74, 6) is -1.56. The van der Waals surface area contributed by atoms with Gasteiger partial charge in [-0.15, -0.1) is 0 Å². The second-order valence-corrected chi connectivity index (χ2v) is 4.11. The number of likely N-dealkylation sites (N-methyl/N-ethyl adjacent to an activating group) is 1. The van der Waals surface area contributed by atoms with E-state index in [4.69, 9.17) is 0 Å². The van der Waals surface area contributed by atoms with Crippen LogP contribution in [0.15, 0.2) is 18.2 Å². The molecule has 0 saturated carbocycles. The van der Waals surface area contributed by atoms with Crippen LogP contribution in [-0.4, -0.2) is 30.4 Å². The van der Waals surface area contributed by atoms with Gasteiger partial charge in [0.05, 0.1) is 12.1 Å². The number of nitrogens with zero attached hydrogens (tertiary/aromatic N) is 1. The number of halogens is 4. The van der Waals surface area contributed by atoms with Gasteiger partial charge in [-0.25, -0.2) is 4.39 Å². The van der Waals surface area contributed by atoms with E-state index < -0.39 is 17.6 Å². The highest BCUT2D eigenvalue weighted by molar-refractivity contribution is 5.80. The SMILES string of the molecule is CCN(CC)C(=O)CNc1ccc(F)c(C(F)(F)F)c1. The van der Waals surface area contributed by atoms with E-state index >= 15 is 0 Å². The Morgan fingerprint density at radius 1 is 1.25 bits per heavy atom. The molecule has 0 aliphatic rings. The molecule has 0 aliphatic heterocycles. The van der Waals surface area contributed by atoms with E-state index in [1.807, 2.05) is 0 Å². The monoisotopic (exact) mass is 292 g/mol. The molecule has 20 heavy (non-hydrogen) atoms. The fourth-order valence-corrected chi connectivity index (χ4v) is 1.72. The Hall–Kier alpha value is -1.79. The van der Waals surface area contributed by atoms with Gasteiger partial charge in [0.15, 0.2) is 0 Å². The van der Waals surface area contributed by atoms with Crippen LogP contribution in [-0.2, 0) is 11.0 Å². The zero-order valence-electron chi connectivity index (χ0n) is 11.2. The van der Waals surface area contributed by atoms with Gasteiger partial charge in [-0.1, -0.05) is 0 Å². The van der Waals surface area contributed by atoms with E-state index in [-0.39, 0.29) is 18.1 Å². The maximum atomic E-state index is 13.1. The summed E-state index contributed by atoms with van der Waals surface area (Å²) in [5.41, 5.74) is -1.29. The summed E-state index contributed by atoms with van der Waals surface area (Å²) < 4.78 is 50.6. The van der Waals surface area contributed by atoms with Gasteiger partial charge in [-0.05, 0) is 32.0 Å². The Morgan fingerprint density at radius 3 is 2.35 bits per heavy atom. The van der Waals surface area contributed by atoms with Gasteiger partial charge in [0.1, 0.15) is 5.82 Å². The van der Waals surface area contributed by atoms with Crippen molar-refractivity contribution in [3.8, 4) is 0 Å². The third kappa shape index (κ3) is 4.11. The van der Waals surface area contributed by atoms with Crippen LogP contribution in [0.4, 0.5) is 23.2 Å². The molecule has 1 amide bonds. The Bertz CT molecular complexity index is 470. The van der Waals surface area contributed by atoms with Crippen LogP contribution in [0.2, 0.25) is 0 Å². The smallest absolute Gasteiger partial charge is 0.376 e. The zero-order chi connectivity index (χ0) is 15.3. The second-order valence-electron chi connectivity index (χ2n) is 4.11. The van der Waals surface area contributed by atoms with Crippen LogP contribution >= 0.6 is 0 Å². The van der Waals surface area contributed by atoms with Crippen molar-refractivity contribution in [2.24, 2.45) is 0 Å². The lowest BCUT2D eigenvalue weighted by Crippen LogP contribution is -2.35. The van der Waals surface area contributed by atoms with Gasteiger partial charge < -0.3 is 10.2 Å². The van der Waals surface area contributed by atoms with Crippen LogP contribution in [0.5, 0.6) is 0 Å². The molecule has 0 aliphatic carbocycles. The van der Waals surface area contributed by atoms with Crippen LogP contribution in [0.3, 0.4) is 0 Å². The molecule has 1 N–H and O–H groups in total. The molecular formula is C13H16F4N2O. The Labute approximate surface area is 114 Å². The Kier molecular flexibility index (Phi) is 5.35. The number of anilines is 1. The molecule has 1 aromatic rings. The van der Waals surface area contributed by atoms with Crippen LogP contribution in [0.1, 0.15) is 19.4 Å². The van der Waals surface area contributed by atoms with Gasteiger partial charge >= 0.3 is 6.18 Å². The minimum Gasteiger partial charge on any atom is -0.376 e. The van der Waals surface area contributed by atoms with Crippen molar-refractivity contribution < 1.29 is 22.4 Å². The number of carbonyl (C=O) groups is 1. The molecule has 0 bridgehead atoms. The lowest BCUT2D eigenvalue weighted by molar-refractivity contribution is -0.139. The first-order valence-electron chi connectivity index (χ1n) is 6.18. The quantitative estimate of drug-likeness (QED) is 0.846. The maximum Gasteiger partial charge on any atom is 0.419 e. The maximum absolute atomic E-state index is 13.1. The Balaban J connectivity index is 2.77. The van der Waals surface area contributed by atoms with Crippen molar-refractivity contribution in [3.63, 3.8) is 0 Å². The molecule has 0 fully saturated rings. The summed E-state index contributed by atoms with van der Waals surface area (Å²) >= 11 is 0. The number of hydrogen-bond donors (Lipinski definition) is 1. The number of alkyl halides is 3. The molecule has 112 valence electrons. The largest absolute Gasteiger partial charge is 0.419 e. The molecule has 0 spiro atoms. The van der Waals surface area contributed by atoms with Crippen LogP contribution in [0, 0.1) is 5.82 Å². The molecule has 1 aromatic carbocycles. The van der Waals surface area contributed by atoms with Crippen molar-refractivity contribution in [2.45, 2.75) is 20.0 Å². The normalized spacial score (nSPS) is 11.3. The molecule has 0 atom stereocenters. The van der Waals surface area contributed by atoms with E-state index in [9.17, 15) is 22.4 Å². The third-order valence-corrected chi connectivity index (χ3v) is 2.83. The molecule has 0 saturated heterocycles. The van der Waals surface area contributed by atoms with E-state index in [0.717, 1.165) is 6.07 Å². The molecular weight excluding hydrogens is 276 g/mol. The lowest BCUT2D eigenvalue weighted by Gasteiger charge is -2.19. The first-order chi connectivity index (χ1) is 9.29. The number of nitrogens with one attached hydrogen (secondary N) is 1. The fraction of sp³-hybridized carbons (Fsp3) is 0.462. The van der Waals surface area contributed by atoms with E-state index in [1.165, 1.54) is 6.07 Å². The molecule has 7 heteroatoms. The first-order valence-corrected chi connectivity index (χ1v) is 6.18. The van der Waals surface area contributed by atoms with Crippen molar-refractivity contribution in [2.75, 3.05) is 25.0 Å². The van der Waals surface area contributed by atoms with Gasteiger partial charge in [0, 0.05) is 18.8 Å². The highest BCUT2D eigenvalue weighted by Crippen LogP contribution is 2.32. The Morgan fingerprint density at radius 2 is 1.85 bits per heavy atom. The van der Waals surface area contributed by atoms with Crippen molar-refractivity contribution in [1.82, 2.24) is 4.90 Å². The number of carbonyl (C=O) groups excluding carboxylic acids is 1. The highest BCUT2D eigenvalue weighted by atomic mass is 19.4. The fourth-order valence-electron chi connectivity index (χ4n) is 1.72. The summed E-state index contributed by atoms with van der Waals surface area (Å²) in [7, 11) is 0. The van der Waals surface area contributed by atoms with Crippen LogP contribution in [0.25, 0.3) is 0 Å². The van der Waals surface area contributed by atoms with Gasteiger partial charge in [-0.3, -0.25) is 4.79 Å². The van der Waals surface area contributed by atoms with Crippen molar-refractivity contribution in [3.05, 3.63) is 29.6 Å². The number of rotatable bonds is 5. The summed E-state index contributed by atoms with van der Waals surface area (Å²) in [6.07, 6.45) is -4.76. The number of benzene rings is 1. The molecule has 0 aromatic heterocycles. The summed E-state index contributed by atoms with van der Waals surface area (Å²) in [6, 6.07) is 2.55. The van der Waals surface area contributed by atoms with Crippen LogP contribution < -0.4 is 5.32 Å². The zero-order valence-corrected chi connectivity index (χ0v) is 11.2. The van der Waals surface area contributed by atoms with Crippen molar-refractivity contribution in [1.29, 1.82) is 0 Å². The van der Waals surface area contributed by atoms with Gasteiger partial charge in [-0.2, -0.15) is 13.2 Å². The third-order valence-electron chi connectivity index (χ3n) is 2.83. The molecule has 1 rings (SSSR count). The summed E-state index contributed by atoms with van der Waals surface area (Å²) in [5, 5.41) is 2.58. The predicted molar refractivity (Wildman–Crippen MR) is 67.8 cm³/mol. The van der Waals surface area contributed by atoms with Gasteiger partial charge in [0.2, 0.25) is 5.91 Å². The minimum absolute atomic E-state index is 0.0548. The lowest BCUT2D eigenvalue weighted by atomic mass is 10.2. The first kappa shape index (κ1) is 16.3. The molecule has 0 radical (unpaired) electrons. The number of amides is 1. The highest BCUT2D eigenvalue weighted by Gasteiger charge is 2.34. The number of hydrogen-bond acceptors (Lipinski definition) is 2. The summed E-state index contributed by atoms with van der Waals surface area (Å²) in [6.45, 7) is 4.52. The topological polar surface area (TPSA) is 32.3 Å². The molecule has 0 heterocycles. The van der Waals surface area contributed by atoms with Gasteiger partial charge in [0.25, 0.3) is 0 Å². The second kappa shape index (κ2) is 6.58. The standard InChI is InChI=1S/C13H16F4N2O/c1-3-19(4-2)12(20)8-18-9-5-6-11(14)10(7-9)13(15,16)17/h5-7,18H,3-4,8H2,1-2H3.